The van der Waals surface area contributed by atoms with Gasteiger partial charge in [0.15, 0.2) is 0 Å². The summed E-state index contributed by atoms with van der Waals surface area (Å²) in [6.45, 7) is 1.86. The van der Waals surface area contributed by atoms with Gasteiger partial charge < -0.3 is 4.90 Å². The molecule has 110 valence electrons. The minimum absolute atomic E-state index is 0.122. The Morgan fingerprint density at radius 2 is 1.67 bits per heavy atom. The van der Waals surface area contributed by atoms with Crippen molar-refractivity contribution in [3.05, 3.63) is 29.8 Å². The molecule has 5 nitrogen and oxygen atoms in total. The number of rotatable bonds is 3. The van der Waals surface area contributed by atoms with Gasteiger partial charge >= 0.3 is 0 Å². The Morgan fingerprint density at radius 1 is 1.00 bits per heavy atom. The van der Waals surface area contributed by atoms with Gasteiger partial charge in [-0.2, -0.15) is 0 Å². The van der Waals surface area contributed by atoms with Crippen LogP contribution in [0.1, 0.15) is 18.4 Å². The topological polar surface area (TPSA) is 57.7 Å². The first-order valence-electron chi connectivity index (χ1n) is 6.96. The fourth-order valence-corrected chi connectivity index (χ4v) is 3.27. The number of thioether (sulfide) groups is 1. The van der Waals surface area contributed by atoms with Crippen LogP contribution in [0.2, 0.25) is 0 Å². The molecule has 6 heteroatoms. The van der Waals surface area contributed by atoms with Gasteiger partial charge in [-0.25, -0.2) is 0 Å². The SMILES string of the molecule is O=C1CCN(c2ccc(CN3C(=O)CSC3=O)cc2)CC1. The van der Waals surface area contributed by atoms with Crippen LogP contribution in [0.25, 0.3) is 0 Å². The predicted octanol–water partition coefficient (Wildman–Crippen LogP) is 2.05. The maximum absolute atomic E-state index is 11.6. The number of ketones is 1. The molecule has 0 N–H and O–H groups in total. The minimum atomic E-state index is -0.168. The summed E-state index contributed by atoms with van der Waals surface area (Å²) in [6.07, 6.45) is 1.21. The number of carbonyl (C=O) groups is 3. The number of hydrogen-bond donors (Lipinski definition) is 0. The monoisotopic (exact) mass is 304 g/mol. The first-order valence-corrected chi connectivity index (χ1v) is 7.95. The van der Waals surface area contributed by atoms with Gasteiger partial charge in [-0.3, -0.25) is 19.3 Å². The number of anilines is 1. The Bertz CT molecular complexity index is 559. The number of hydrogen-bond acceptors (Lipinski definition) is 5. The lowest BCUT2D eigenvalue weighted by atomic mass is 10.1. The number of amides is 2. The molecular formula is C15H16N2O3S. The zero-order valence-corrected chi connectivity index (χ0v) is 12.4. The summed E-state index contributed by atoms with van der Waals surface area (Å²) in [5.74, 6) is 0.452. The van der Waals surface area contributed by atoms with Crippen LogP contribution in [0.15, 0.2) is 24.3 Å². The van der Waals surface area contributed by atoms with Gasteiger partial charge in [-0.1, -0.05) is 23.9 Å². The first-order chi connectivity index (χ1) is 10.1. The Morgan fingerprint density at radius 3 is 2.24 bits per heavy atom. The van der Waals surface area contributed by atoms with Crippen LogP contribution >= 0.6 is 11.8 Å². The van der Waals surface area contributed by atoms with Gasteiger partial charge in [-0.15, -0.1) is 0 Å². The lowest BCUT2D eigenvalue weighted by Crippen LogP contribution is -2.33. The summed E-state index contributed by atoms with van der Waals surface area (Å²) in [6, 6.07) is 7.86. The standard InChI is InChI=1S/C15H16N2O3S/c18-13-5-7-16(8-6-13)12-3-1-11(2-4-12)9-17-14(19)10-21-15(17)20/h1-4H,5-10H2. The number of Topliss-reactive ketones (excluding diaryl/α,β-unsaturated/α-hetero) is 1. The summed E-state index contributed by atoms with van der Waals surface area (Å²) >= 11 is 1.06. The van der Waals surface area contributed by atoms with Crippen molar-refractivity contribution in [1.82, 2.24) is 4.90 Å². The molecule has 21 heavy (non-hydrogen) atoms. The van der Waals surface area contributed by atoms with Crippen molar-refractivity contribution in [3.8, 4) is 0 Å². The van der Waals surface area contributed by atoms with Gasteiger partial charge in [0.25, 0.3) is 5.24 Å². The van der Waals surface area contributed by atoms with Crippen molar-refractivity contribution in [3.63, 3.8) is 0 Å². The average molecular weight is 304 g/mol. The maximum Gasteiger partial charge on any atom is 0.289 e. The van der Waals surface area contributed by atoms with Gasteiger partial charge in [-0.05, 0) is 17.7 Å². The van der Waals surface area contributed by atoms with E-state index in [0.29, 0.717) is 25.2 Å². The number of imide groups is 1. The second-order valence-electron chi connectivity index (χ2n) is 5.23. The summed E-state index contributed by atoms with van der Waals surface area (Å²) in [5.41, 5.74) is 2.02. The summed E-state index contributed by atoms with van der Waals surface area (Å²) < 4.78 is 0. The summed E-state index contributed by atoms with van der Waals surface area (Å²) in [7, 11) is 0. The van der Waals surface area contributed by atoms with Crippen LogP contribution in [0.4, 0.5) is 10.5 Å². The molecule has 3 rings (SSSR count). The van der Waals surface area contributed by atoms with Crippen molar-refractivity contribution in [2.24, 2.45) is 0 Å². The normalized spacial score (nSPS) is 19.5. The molecule has 0 atom stereocenters. The molecule has 2 aliphatic rings. The Hall–Kier alpha value is -1.82. The highest BCUT2D eigenvalue weighted by molar-refractivity contribution is 8.14. The van der Waals surface area contributed by atoms with E-state index >= 15 is 0 Å². The van der Waals surface area contributed by atoms with Crippen LogP contribution in [-0.2, 0) is 16.1 Å². The molecule has 0 aliphatic carbocycles. The quantitative estimate of drug-likeness (QED) is 0.855. The van der Waals surface area contributed by atoms with Crippen LogP contribution in [0.5, 0.6) is 0 Å². The van der Waals surface area contributed by atoms with Crippen LogP contribution in [-0.4, -0.2) is 40.7 Å². The number of carbonyl (C=O) groups excluding carboxylic acids is 3. The molecule has 0 saturated carbocycles. The highest BCUT2D eigenvalue weighted by atomic mass is 32.2. The largest absolute Gasteiger partial charge is 0.371 e. The molecule has 2 amide bonds. The zero-order chi connectivity index (χ0) is 14.8. The summed E-state index contributed by atoms with van der Waals surface area (Å²) in [5, 5.41) is -0.168. The Labute approximate surface area is 127 Å². The third-order valence-electron chi connectivity index (χ3n) is 3.80. The molecule has 0 unspecified atom stereocenters. The highest BCUT2D eigenvalue weighted by Crippen LogP contribution is 2.23. The second-order valence-corrected chi connectivity index (χ2v) is 6.15. The third-order valence-corrected chi connectivity index (χ3v) is 4.66. The van der Waals surface area contributed by atoms with Crippen molar-refractivity contribution in [2.75, 3.05) is 23.7 Å². The van der Waals surface area contributed by atoms with Crippen molar-refractivity contribution in [2.45, 2.75) is 19.4 Å². The van der Waals surface area contributed by atoms with Crippen molar-refractivity contribution < 1.29 is 14.4 Å². The van der Waals surface area contributed by atoms with E-state index in [1.165, 1.54) is 4.90 Å². The molecule has 0 aromatic heterocycles. The first kappa shape index (κ1) is 14.1. The van der Waals surface area contributed by atoms with E-state index in [0.717, 1.165) is 36.1 Å². The van der Waals surface area contributed by atoms with Gasteiger partial charge in [0.2, 0.25) is 5.91 Å². The van der Waals surface area contributed by atoms with E-state index in [4.69, 9.17) is 0 Å². The van der Waals surface area contributed by atoms with E-state index in [9.17, 15) is 14.4 Å². The lowest BCUT2D eigenvalue weighted by molar-refractivity contribution is -0.125. The smallest absolute Gasteiger partial charge is 0.289 e. The molecule has 2 fully saturated rings. The Kier molecular flexibility index (Phi) is 3.96. The molecule has 2 heterocycles. The Balaban J connectivity index is 1.65. The van der Waals surface area contributed by atoms with E-state index in [2.05, 4.69) is 4.90 Å². The molecule has 1 aromatic rings. The molecule has 2 aliphatic heterocycles. The fourth-order valence-electron chi connectivity index (χ4n) is 2.54. The number of piperidine rings is 1. The average Bonchev–Trinajstić information content (AvgIpc) is 2.81. The van der Waals surface area contributed by atoms with E-state index in [1.54, 1.807) is 0 Å². The van der Waals surface area contributed by atoms with Gasteiger partial charge in [0, 0.05) is 31.6 Å². The van der Waals surface area contributed by atoms with Crippen molar-refractivity contribution >= 4 is 34.4 Å². The van der Waals surface area contributed by atoms with Crippen LogP contribution in [0.3, 0.4) is 0 Å². The molecule has 0 radical (unpaired) electrons. The lowest BCUT2D eigenvalue weighted by Gasteiger charge is -2.28. The van der Waals surface area contributed by atoms with Crippen LogP contribution < -0.4 is 4.90 Å². The van der Waals surface area contributed by atoms with Crippen molar-refractivity contribution in [1.29, 1.82) is 0 Å². The molecular weight excluding hydrogens is 288 g/mol. The van der Waals surface area contributed by atoms with Gasteiger partial charge in [0.1, 0.15) is 5.78 Å². The maximum atomic E-state index is 11.6. The molecule has 0 spiro atoms. The predicted molar refractivity (Wildman–Crippen MR) is 81.3 cm³/mol. The van der Waals surface area contributed by atoms with Crippen LogP contribution in [0, 0.1) is 0 Å². The molecule has 1 aromatic carbocycles. The second kappa shape index (κ2) is 5.89. The highest BCUT2D eigenvalue weighted by Gasteiger charge is 2.29. The van der Waals surface area contributed by atoms with Gasteiger partial charge in [0.05, 0.1) is 12.3 Å². The molecule has 2 saturated heterocycles. The number of benzene rings is 1. The third kappa shape index (κ3) is 3.10. The zero-order valence-electron chi connectivity index (χ0n) is 11.6. The minimum Gasteiger partial charge on any atom is -0.371 e. The molecule has 0 bridgehead atoms. The van der Waals surface area contributed by atoms with E-state index in [1.807, 2.05) is 24.3 Å². The van der Waals surface area contributed by atoms with E-state index in [-0.39, 0.29) is 16.9 Å². The number of nitrogens with zero attached hydrogens (tertiary/aromatic N) is 2. The van der Waals surface area contributed by atoms with E-state index < -0.39 is 0 Å². The fraction of sp³-hybridized carbons (Fsp3) is 0.400. The summed E-state index contributed by atoms with van der Waals surface area (Å²) in [4.78, 5) is 37.9.